The highest BCUT2D eigenvalue weighted by molar-refractivity contribution is 5.51. The van der Waals surface area contributed by atoms with Crippen molar-refractivity contribution < 1.29 is 5.11 Å². The van der Waals surface area contributed by atoms with Gasteiger partial charge < -0.3 is 10.0 Å². The van der Waals surface area contributed by atoms with Crippen molar-refractivity contribution in [2.24, 2.45) is 5.92 Å². The van der Waals surface area contributed by atoms with Gasteiger partial charge in [0.25, 0.3) is 0 Å². The zero-order valence-electron chi connectivity index (χ0n) is 13.2. The predicted octanol–water partition coefficient (Wildman–Crippen LogP) is 2.42. The molecular weight excluding hydrogens is 276 g/mol. The Morgan fingerprint density at radius 1 is 1.36 bits per heavy atom. The molecular formula is C17H24N4O. The summed E-state index contributed by atoms with van der Waals surface area (Å²) in [5, 5.41) is 15.3. The third kappa shape index (κ3) is 2.19. The van der Waals surface area contributed by atoms with E-state index >= 15 is 0 Å². The van der Waals surface area contributed by atoms with E-state index < -0.39 is 5.60 Å². The fourth-order valence-corrected chi connectivity index (χ4v) is 4.13. The lowest BCUT2D eigenvalue weighted by Gasteiger charge is -2.48. The van der Waals surface area contributed by atoms with Crippen LogP contribution in [0.2, 0.25) is 0 Å². The fraction of sp³-hybridized carbons (Fsp3) is 0.647. The summed E-state index contributed by atoms with van der Waals surface area (Å²) in [5.74, 6) is 1.51. The molecule has 0 spiro atoms. The molecule has 2 fully saturated rings. The Labute approximate surface area is 131 Å². The molecule has 1 saturated carbocycles. The molecule has 0 aromatic carbocycles. The van der Waals surface area contributed by atoms with Gasteiger partial charge >= 0.3 is 0 Å². The van der Waals surface area contributed by atoms with Crippen LogP contribution in [0.25, 0.3) is 5.65 Å². The van der Waals surface area contributed by atoms with Gasteiger partial charge in [0.15, 0.2) is 5.65 Å². The molecule has 1 N–H and O–H groups in total. The second-order valence-electron chi connectivity index (χ2n) is 6.80. The lowest BCUT2D eigenvalue weighted by atomic mass is 9.71. The van der Waals surface area contributed by atoms with Crippen LogP contribution >= 0.6 is 0 Å². The maximum absolute atomic E-state index is 10.9. The van der Waals surface area contributed by atoms with Crippen molar-refractivity contribution in [1.82, 2.24) is 14.6 Å². The SMILES string of the molecule is CCc1cc(N2CC[C@@]3(O)CCCC[C@H]3C2)n2nccc2n1. The van der Waals surface area contributed by atoms with Gasteiger partial charge in [-0.15, -0.1) is 0 Å². The molecule has 2 atom stereocenters. The van der Waals surface area contributed by atoms with E-state index in [0.29, 0.717) is 5.92 Å². The molecule has 5 nitrogen and oxygen atoms in total. The summed E-state index contributed by atoms with van der Waals surface area (Å²) in [6.45, 7) is 3.96. The summed E-state index contributed by atoms with van der Waals surface area (Å²) >= 11 is 0. The number of fused-ring (bicyclic) bond motifs is 2. The summed E-state index contributed by atoms with van der Waals surface area (Å²) in [6.07, 6.45) is 8.13. The van der Waals surface area contributed by atoms with Gasteiger partial charge in [-0.3, -0.25) is 0 Å². The monoisotopic (exact) mass is 300 g/mol. The van der Waals surface area contributed by atoms with E-state index in [1.165, 1.54) is 12.8 Å². The molecule has 4 rings (SSSR count). The molecule has 2 aliphatic rings. The molecule has 3 heterocycles. The molecule has 0 amide bonds. The van der Waals surface area contributed by atoms with Crippen LogP contribution in [0.1, 0.15) is 44.7 Å². The van der Waals surface area contributed by atoms with Gasteiger partial charge in [-0.1, -0.05) is 19.8 Å². The number of piperidine rings is 1. The van der Waals surface area contributed by atoms with Crippen LogP contribution < -0.4 is 4.90 Å². The van der Waals surface area contributed by atoms with Gasteiger partial charge in [-0.2, -0.15) is 9.61 Å². The first-order chi connectivity index (χ1) is 10.7. The lowest BCUT2D eigenvalue weighted by molar-refractivity contribution is -0.0614. The maximum Gasteiger partial charge on any atom is 0.157 e. The van der Waals surface area contributed by atoms with Crippen LogP contribution in [-0.4, -0.2) is 38.4 Å². The van der Waals surface area contributed by atoms with Crippen molar-refractivity contribution in [3.63, 3.8) is 0 Å². The van der Waals surface area contributed by atoms with Gasteiger partial charge in [-0.05, 0) is 25.7 Å². The Morgan fingerprint density at radius 2 is 2.27 bits per heavy atom. The summed E-state index contributed by atoms with van der Waals surface area (Å²) in [4.78, 5) is 7.02. The number of hydrogen-bond donors (Lipinski definition) is 1. The van der Waals surface area contributed by atoms with Gasteiger partial charge in [0.2, 0.25) is 0 Å². The average Bonchev–Trinajstić information content (AvgIpc) is 3.01. The molecule has 22 heavy (non-hydrogen) atoms. The van der Waals surface area contributed by atoms with E-state index in [1.54, 1.807) is 0 Å². The molecule has 118 valence electrons. The summed E-state index contributed by atoms with van der Waals surface area (Å²) < 4.78 is 1.94. The van der Waals surface area contributed by atoms with Gasteiger partial charge in [0.1, 0.15) is 5.82 Å². The first kappa shape index (κ1) is 14.0. The second-order valence-corrected chi connectivity index (χ2v) is 6.80. The third-order valence-electron chi connectivity index (χ3n) is 5.51. The molecule has 0 bridgehead atoms. The Hall–Kier alpha value is -1.62. The van der Waals surface area contributed by atoms with Crippen LogP contribution in [0.4, 0.5) is 5.82 Å². The number of aromatic nitrogens is 3. The maximum atomic E-state index is 10.9. The number of nitrogens with zero attached hydrogens (tertiary/aromatic N) is 4. The van der Waals surface area contributed by atoms with Crippen LogP contribution in [0.5, 0.6) is 0 Å². The van der Waals surface area contributed by atoms with E-state index in [0.717, 1.165) is 55.9 Å². The van der Waals surface area contributed by atoms with Gasteiger partial charge in [0, 0.05) is 36.8 Å². The van der Waals surface area contributed by atoms with Crippen molar-refractivity contribution in [3.05, 3.63) is 24.0 Å². The first-order valence-electron chi connectivity index (χ1n) is 8.50. The zero-order valence-corrected chi connectivity index (χ0v) is 13.2. The largest absolute Gasteiger partial charge is 0.389 e. The van der Waals surface area contributed by atoms with Crippen LogP contribution in [-0.2, 0) is 6.42 Å². The average molecular weight is 300 g/mol. The Balaban J connectivity index is 1.69. The van der Waals surface area contributed by atoms with Crippen molar-refractivity contribution in [3.8, 4) is 0 Å². The number of hydrogen-bond acceptors (Lipinski definition) is 4. The van der Waals surface area contributed by atoms with Crippen LogP contribution in [0.3, 0.4) is 0 Å². The normalized spacial score (nSPS) is 28.8. The third-order valence-corrected chi connectivity index (χ3v) is 5.51. The van der Waals surface area contributed by atoms with E-state index in [4.69, 9.17) is 0 Å². The van der Waals surface area contributed by atoms with E-state index in [-0.39, 0.29) is 0 Å². The number of aryl methyl sites for hydroxylation is 1. The van der Waals surface area contributed by atoms with Gasteiger partial charge in [-0.25, -0.2) is 4.98 Å². The number of rotatable bonds is 2. The minimum absolute atomic E-state index is 0.388. The number of anilines is 1. The van der Waals surface area contributed by atoms with E-state index in [2.05, 4.69) is 28.0 Å². The summed E-state index contributed by atoms with van der Waals surface area (Å²) in [7, 11) is 0. The Kier molecular flexibility index (Phi) is 3.33. The van der Waals surface area contributed by atoms with E-state index in [9.17, 15) is 5.11 Å². The second kappa shape index (κ2) is 5.23. The molecule has 1 aliphatic heterocycles. The smallest absolute Gasteiger partial charge is 0.157 e. The molecule has 2 aromatic rings. The predicted molar refractivity (Wildman–Crippen MR) is 86.1 cm³/mol. The van der Waals surface area contributed by atoms with Crippen molar-refractivity contribution >= 4 is 11.5 Å². The van der Waals surface area contributed by atoms with Crippen molar-refractivity contribution in [2.45, 2.75) is 51.0 Å². The Morgan fingerprint density at radius 3 is 3.14 bits per heavy atom. The van der Waals surface area contributed by atoms with Crippen molar-refractivity contribution in [2.75, 3.05) is 18.0 Å². The molecule has 5 heteroatoms. The molecule has 0 unspecified atom stereocenters. The molecule has 1 aliphatic carbocycles. The Bertz CT molecular complexity index is 682. The quantitative estimate of drug-likeness (QED) is 0.925. The highest BCUT2D eigenvalue weighted by atomic mass is 16.3. The lowest BCUT2D eigenvalue weighted by Crippen LogP contribution is -2.53. The topological polar surface area (TPSA) is 53.7 Å². The minimum Gasteiger partial charge on any atom is -0.389 e. The summed E-state index contributed by atoms with van der Waals surface area (Å²) in [6, 6.07) is 4.12. The fourth-order valence-electron chi connectivity index (χ4n) is 4.13. The highest BCUT2D eigenvalue weighted by Gasteiger charge is 2.43. The van der Waals surface area contributed by atoms with E-state index in [1.807, 2.05) is 16.8 Å². The standard InChI is InChI=1S/C17H24N4O/c1-2-14-11-16(21-15(19-14)6-9-18-21)20-10-8-17(22)7-4-3-5-13(17)12-20/h6,9,11,13,22H,2-5,7-8,10,12H2,1H3/t13-,17-/m0/s1. The summed E-state index contributed by atoms with van der Waals surface area (Å²) in [5.41, 5.74) is 1.59. The molecule has 1 saturated heterocycles. The van der Waals surface area contributed by atoms with Gasteiger partial charge in [0.05, 0.1) is 11.8 Å². The highest BCUT2D eigenvalue weighted by Crippen LogP contribution is 2.40. The minimum atomic E-state index is -0.432. The van der Waals surface area contributed by atoms with Crippen LogP contribution in [0, 0.1) is 5.92 Å². The van der Waals surface area contributed by atoms with Crippen LogP contribution in [0.15, 0.2) is 18.3 Å². The molecule has 2 aromatic heterocycles. The first-order valence-corrected chi connectivity index (χ1v) is 8.50. The number of aliphatic hydroxyl groups is 1. The zero-order chi connectivity index (χ0) is 15.2. The van der Waals surface area contributed by atoms with Crippen molar-refractivity contribution in [1.29, 1.82) is 0 Å². The molecule has 0 radical (unpaired) electrons.